The number of carbonyl (C=O) groups is 2. The molecule has 2 heterocycles. The first-order valence-corrected chi connectivity index (χ1v) is 8.30. The lowest BCUT2D eigenvalue weighted by molar-refractivity contribution is -0.145. The zero-order chi connectivity index (χ0) is 18.7. The Morgan fingerprint density at radius 3 is 2.88 bits per heavy atom. The molecule has 0 saturated carbocycles. The Balaban J connectivity index is 1.74. The number of aromatic nitrogens is 2. The Kier molecular flexibility index (Phi) is 5.22. The van der Waals surface area contributed by atoms with Gasteiger partial charge >= 0.3 is 5.97 Å². The number of amides is 1. The highest BCUT2D eigenvalue weighted by atomic mass is 16.5. The highest BCUT2D eigenvalue weighted by Crippen LogP contribution is 2.25. The van der Waals surface area contributed by atoms with Gasteiger partial charge in [0.1, 0.15) is 11.8 Å². The van der Waals surface area contributed by atoms with Crippen molar-refractivity contribution >= 4 is 11.9 Å². The van der Waals surface area contributed by atoms with E-state index < -0.39 is 0 Å². The average molecular weight is 358 g/mol. The van der Waals surface area contributed by atoms with Crippen LogP contribution in [0, 0.1) is 0 Å². The summed E-state index contributed by atoms with van der Waals surface area (Å²) in [7, 11) is 4.80. The molecule has 1 fully saturated rings. The van der Waals surface area contributed by atoms with Gasteiger partial charge in [-0.3, -0.25) is 19.6 Å². The summed E-state index contributed by atoms with van der Waals surface area (Å²) in [4.78, 5) is 26.4. The molecule has 8 nitrogen and oxygen atoms in total. The summed E-state index contributed by atoms with van der Waals surface area (Å²) in [5, 5.41) is 9.86. The lowest BCUT2D eigenvalue weighted by atomic mass is 10.1. The lowest BCUT2D eigenvalue weighted by Gasteiger charge is -2.15. The maximum absolute atomic E-state index is 12.7. The number of rotatable bonds is 5. The van der Waals surface area contributed by atoms with Crippen molar-refractivity contribution in [3.8, 4) is 17.0 Å². The van der Waals surface area contributed by atoms with Gasteiger partial charge in [0.05, 0.1) is 31.7 Å². The molecule has 1 aromatic carbocycles. The molecule has 1 aliphatic heterocycles. The molecule has 0 spiro atoms. The molecule has 2 atom stereocenters. The Hall–Kier alpha value is -2.87. The molecule has 26 heavy (non-hydrogen) atoms. The van der Waals surface area contributed by atoms with Gasteiger partial charge in [0.2, 0.25) is 0 Å². The molecule has 138 valence electrons. The summed E-state index contributed by atoms with van der Waals surface area (Å²) in [6.07, 6.45) is 2.02. The monoisotopic (exact) mass is 358 g/mol. The van der Waals surface area contributed by atoms with Crippen LogP contribution in [-0.2, 0) is 9.53 Å². The number of hydrogen-bond acceptors (Lipinski definition) is 6. The van der Waals surface area contributed by atoms with Gasteiger partial charge in [0.15, 0.2) is 0 Å². The van der Waals surface area contributed by atoms with Crippen molar-refractivity contribution < 1.29 is 19.1 Å². The van der Waals surface area contributed by atoms with Crippen molar-refractivity contribution in [3.63, 3.8) is 0 Å². The third-order valence-electron chi connectivity index (χ3n) is 4.60. The van der Waals surface area contributed by atoms with Crippen LogP contribution in [0.5, 0.6) is 5.75 Å². The van der Waals surface area contributed by atoms with E-state index in [9.17, 15) is 9.59 Å². The first-order valence-electron chi connectivity index (χ1n) is 8.30. The van der Waals surface area contributed by atoms with Gasteiger partial charge in [0, 0.05) is 18.2 Å². The predicted molar refractivity (Wildman–Crippen MR) is 94.9 cm³/mol. The van der Waals surface area contributed by atoms with Crippen molar-refractivity contribution in [2.45, 2.75) is 18.5 Å². The number of methoxy groups -OCH3 is 2. The lowest BCUT2D eigenvalue weighted by Crippen LogP contribution is -2.36. The van der Waals surface area contributed by atoms with Crippen LogP contribution in [-0.4, -0.2) is 66.9 Å². The number of hydrogen-bond donors (Lipinski definition) is 2. The van der Waals surface area contributed by atoms with Crippen LogP contribution in [0.3, 0.4) is 0 Å². The van der Waals surface area contributed by atoms with Gasteiger partial charge in [-0.15, -0.1) is 0 Å². The van der Waals surface area contributed by atoms with E-state index in [2.05, 4.69) is 15.5 Å². The van der Waals surface area contributed by atoms with Gasteiger partial charge in [-0.05, 0) is 25.6 Å². The van der Waals surface area contributed by atoms with Gasteiger partial charge < -0.3 is 14.8 Å². The Morgan fingerprint density at radius 1 is 1.35 bits per heavy atom. The molecule has 0 unspecified atom stereocenters. The van der Waals surface area contributed by atoms with Crippen LogP contribution < -0.4 is 10.1 Å². The first kappa shape index (κ1) is 17.9. The summed E-state index contributed by atoms with van der Waals surface area (Å²) < 4.78 is 10.0. The Bertz CT molecular complexity index is 804. The minimum absolute atomic E-state index is 0.135. The molecular formula is C18H22N4O4. The second-order valence-electron chi connectivity index (χ2n) is 6.28. The smallest absolute Gasteiger partial charge is 0.323 e. The number of H-pyrrole nitrogens is 1. The van der Waals surface area contributed by atoms with Crippen molar-refractivity contribution in [1.29, 1.82) is 0 Å². The van der Waals surface area contributed by atoms with E-state index in [0.717, 1.165) is 5.56 Å². The number of esters is 1. The minimum Gasteiger partial charge on any atom is -0.497 e. The molecule has 2 aromatic rings. The van der Waals surface area contributed by atoms with Crippen molar-refractivity contribution in [2.24, 2.45) is 0 Å². The largest absolute Gasteiger partial charge is 0.497 e. The zero-order valence-corrected chi connectivity index (χ0v) is 15.0. The molecule has 2 N–H and O–H groups in total. The van der Waals surface area contributed by atoms with Gasteiger partial charge in [0.25, 0.3) is 5.91 Å². The van der Waals surface area contributed by atoms with Crippen LogP contribution in [0.2, 0.25) is 0 Å². The summed E-state index contributed by atoms with van der Waals surface area (Å²) in [5.41, 5.74) is 1.88. The predicted octanol–water partition coefficient (Wildman–Crippen LogP) is 1.06. The van der Waals surface area contributed by atoms with Crippen LogP contribution >= 0.6 is 0 Å². The molecule has 0 aliphatic carbocycles. The Labute approximate surface area is 151 Å². The molecule has 1 amide bonds. The zero-order valence-electron chi connectivity index (χ0n) is 15.0. The van der Waals surface area contributed by atoms with Crippen LogP contribution in [0.15, 0.2) is 30.5 Å². The van der Waals surface area contributed by atoms with Crippen LogP contribution in [0.25, 0.3) is 11.3 Å². The third-order valence-corrected chi connectivity index (χ3v) is 4.60. The van der Waals surface area contributed by atoms with Gasteiger partial charge in [-0.25, -0.2) is 0 Å². The number of likely N-dealkylation sites (tertiary alicyclic amines) is 1. The molecule has 0 radical (unpaired) electrons. The fraction of sp³-hybridized carbons (Fsp3) is 0.389. The third kappa shape index (κ3) is 3.55. The summed E-state index contributed by atoms with van der Waals surface area (Å²) >= 11 is 0. The standard InChI is InChI=1S/C18H22N4O4/c1-22-10-12(8-15(22)18(24)26-3)20-17(23)14-9-19-21-16(14)11-5-4-6-13(7-11)25-2/h4-7,9,12,15H,8,10H2,1-3H3,(H,19,21)(H,20,23)/t12-,15+/m1/s1. The minimum atomic E-state index is -0.340. The summed E-state index contributed by atoms with van der Waals surface area (Å²) in [6, 6.07) is 6.92. The van der Waals surface area contributed by atoms with Gasteiger partial charge in [-0.1, -0.05) is 12.1 Å². The van der Waals surface area contributed by atoms with E-state index in [4.69, 9.17) is 9.47 Å². The number of nitrogens with zero attached hydrogens (tertiary/aromatic N) is 2. The van der Waals surface area contributed by atoms with Gasteiger partial charge in [-0.2, -0.15) is 5.10 Å². The molecule has 1 aliphatic rings. The number of ether oxygens (including phenoxy) is 2. The van der Waals surface area contributed by atoms with E-state index in [-0.39, 0.29) is 24.0 Å². The highest BCUT2D eigenvalue weighted by molar-refractivity contribution is 6.00. The first-order chi connectivity index (χ1) is 12.5. The number of likely N-dealkylation sites (N-methyl/N-ethyl adjacent to an activating group) is 1. The maximum atomic E-state index is 12.7. The molecule has 0 bridgehead atoms. The summed E-state index contributed by atoms with van der Waals surface area (Å²) in [6.45, 7) is 0.581. The molecular weight excluding hydrogens is 336 g/mol. The van der Waals surface area contributed by atoms with E-state index >= 15 is 0 Å². The molecule has 1 saturated heterocycles. The number of nitrogens with one attached hydrogen (secondary N) is 2. The number of carbonyl (C=O) groups excluding carboxylic acids is 2. The Morgan fingerprint density at radius 2 is 2.15 bits per heavy atom. The summed E-state index contributed by atoms with van der Waals surface area (Å²) in [5.74, 6) is 0.173. The van der Waals surface area contributed by atoms with Crippen molar-refractivity contribution in [3.05, 3.63) is 36.0 Å². The maximum Gasteiger partial charge on any atom is 0.323 e. The molecule has 3 rings (SSSR count). The van der Waals surface area contributed by atoms with Crippen LogP contribution in [0.1, 0.15) is 16.8 Å². The highest BCUT2D eigenvalue weighted by Gasteiger charge is 2.36. The molecule has 8 heteroatoms. The number of aromatic amines is 1. The SMILES string of the molecule is COC(=O)[C@@H]1C[C@@H](NC(=O)c2cn[nH]c2-c2cccc(OC)c2)CN1C. The van der Waals surface area contributed by atoms with Crippen molar-refractivity contribution in [2.75, 3.05) is 27.8 Å². The second-order valence-corrected chi connectivity index (χ2v) is 6.28. The van der Waals surface area contributed by atoms with E-state index in [1.54, 1.807) is 7.11 Å². The molecule has 1 aromatic heterocycles. The van der Waals surface area contributed by atoms with E-state index in [0.29, 0.717) is 30.0 Å². The van der Waals surface area contributed by atoms with E-state index in [1.165, 1.54) is 13.3 Å². The topological polar surface area (TPSA) is 96.5 Å². The van der Waals surface area contributed by atoms with Crippen LogP contribution in [0.4, 0.5) is 0 Å². The average Bonchev–Trinajstić information content (AvgIpc) is 3.28. The fourth-order valence-electron chi connectivity index (χ4n) is 3.24. The van der Waals surface area contributed by atoms with E-state index in [1.807, 2.05) is 36.2 Å². The number of benzene rings is 1. The fourth-order valence-corrected chi connectivity index (χ4v) is 3.24. The normalized spacial score (nSPS) is 20.0. The second kappa shape index (κ2) is 7.57. The van der Waals surface area contributed by atoms with Crippen molar-refractivity contribution in [1.82, 2.24) is 20.4 Å². The quantitative estimate of drug-likeness (QED) is 0.776.